The van der Waals surface area contributed by atoms with Crippen molar-refractivity contribution < 1.29 is 4.74 Å². The van der Waals surface area contributed by atoms with Gasteiger partial charge in [-0.3, -0.25) is 0 Å². The molecule has 138 valence electrons. The molecular formula is C21H32N2OS. The van der Waals surface area contributed by atoms with Gasteiger partial charge in [0.1, 0.15) is 10.8 Å². The van der Waals surface area contributed by atoms with E-state index < -0.39 is 0 Å². The van der Waals surface area contributed by atoms with Gasteiger partial charge in [-0.2, -0.15) is 0 Å². The summed E-state index contributed by atoms with van der Waals surface area (Å²) in [6.45, 7) is 5.78. The Morgan fingerprint density at radius 1 is 1.08 bits per heavy atom. The van der Waals surface area contributed by atoms with Crippen LogP contribution in [0.25, 0.3) is 11.3 Å². The molecule has 1 aromatic heterocycles. The van der Waals surface area contributed by atoms with Gasteiger partial charge in [-0.1, -0.05) is 45.1 Å². The Morgan fingerprint density at radius 3 is 2.64 bits per heavy atom. The SMILES string of the molecule is CCCCCCCCc1ccc(OCC)c(-c2csc(CNC)n2)c1. The number of thiazole rings is 1. The molecule has 1 heterocycles. The van der Waals surface area contributed by atoms with Crippen LogP contribution in [-0.2, 0) is 13.0 Å². The Labute approximate surface area is 156 Å². The molecule has 4 heteroatoms. The molecule has 0 radical (unpaired) electrons. The van der Waals surface area contributed by atoms with Crippen LogP contribution in [-0.4, -0.2) is 18.6 Å². The van der Waals surface area contributed by atoms with Gasteiger partial charge in [-0.05, 0) is 44.5 Å². The number of hydrogen-bond acceptors (Lipinski definition) is 4. The van der Waals surface area contributed by atoms with E-state index in [9.17, 15) is 0 Å². The van der Waals surface area contributed by atoms with Crippen LogP contribution in [0.3, 0.4) is 0 Å². The van der Waals surface area contributed by atoms with Gasteiger partial charge in [-0.15, -0.1) is 11.3 Å². The van der Waals surface area contributed by atoms with Crippen molar-refractivity contribution in [3.8, 4) is 17.0 Å². The van der Waals surface area contributed by atoms with Crippen molar-refractivity contribution in [1.29, 1.82) is 0 Å². The minimum absolute atomic E-state index is 0.678. The second-order valence-electron chi connectivity index (χ2n) is 6.44. The van der Waals surface area contributed by atoms with Gasteiger partial charge >= 0.3 is 0 Å². The lowest BCUT2D eigenvalue weighted by molar-refractivity contribution is 0.341. The zero-order valence-electron chi connectivity index (χ0n) is 15.9. The molecule has 0 aliphatic rings. The van der Waals surface area contributed by atoms with Crippen molar-refractivity contribution in [1.82, 2.24) is 10.3 Å². The molecule has 0 aliphatic carbocycles. The highest BCUT2D eigenvalue weighted by molar-refractivity contribution is 7.09. The number of aryl methyl sites for hydroxylation is 1. The van der Waals surface area contributed by atoms with Crippen LogP contribution in [0.4, 0.5) is 0 Å². The van der Waals surface area contributed by atoms with Gasteiger partial charge in [0.25, 0.3) is 0 Å². The third-order valence-corrected chi connectivity index (χ3v) is 5.17. The standard InChI is InChI=1S/C21H32N2OS/c1-4-6-7-8-9-10-11-17-12-13-20(24-5-2)18(14-17)19-16-25-21(23-19)15-22-3/h12-14,16,22H,4-11,15H2,1-3H3. The Kier molecular flexibility index (Phi) is 8.98. The summed E-state index contributed by atoms with van der Waals surface area (Å²) in [5.41, 5.74) is 3.55. The molecule has 0 atom stereocenters. The second-order valence-corrected chi connectivity index (χ2v) is 7.38. The normalized spacial score (nSPS) is 11.0. The Balaban J connectivity index is 2.04. The fraction of sp³-hybridized carbons (Fsp3) is 0.571. The van der Waals surface area contributed by atoms with Crippen LogP contribution in [0.1, 0.15) is 62.9 Å². The topological polar surface area (TPSA) is 34.1 Å². The van der Waals surface area contributed by atoms with Crippen molar-refractivity contribution in [2.75, 3.05) is 13.7 Å². The first-order valence-corrected chi connectivity index (χ1v) is 10.5. The largest absolute Gasteiger partial charge is 0.493 e. The van der Waals surface area contributed by atoms with E-state index in [1.807, 2.05) is 14.0 Å². The van der Waals surface area contributed by atoms with Gasteiger partial charge < -0.3 is 10.1 Å². The lowest BCUT2D eigenvalue weighted by Crippen LogP contribution is -2.04. The Hall–Kier alpha value is -1.39. The zero-order valence-corrected chi connectivity index (χ0v) is 16.8. The van der Waals surface area contributed by atoms with Gasteiger partial charge in [0.2, 0.25) is 0 Å². The number of rotatable bonds is 12. The monoisotopic (exact) mass is 360 g/mol. The maximum absolute atomic E-state index is 5.83. The molecule has 0 unspecified atom stereocenters. The molecule has 0 bridgehead atoms. The van der Waals surface area contributed by atoms with E-state index in [1.54, 1.807) is 11.3 Å². The summed E-state index contributed by atoms with van der Waals surface area (Å²) in [6, 6.07) is 6.60. The third kappa shape index (κ3) is 6.44. The first kappa shape index (κ1) is 19.9. The number of benzene rings is 1. The summed E-state index contributed by atoms with van der Waals surface area (Å²) in [5.74, 6) is 0.940. The van der Waals surface area contributed by atoms with Crippen LogP contribution in [0.15, 0.2) is 23.6 Å². The van der Waals surface area contributed by atoms with E-state index in [-0.39, 0.29) is 0 Å². The summed E-state index contributed by atoms with van der Waals surface area (Å²) in [5, 5.41) is 6.42. The summed E-state index contributed by atoms with van der Waals surface area (Å²) >= 11 is 1.70. The lowest BCUT2D eigenvalue weighted by Gasteiger charge is -2.11. The van der Waals surface area contributed by atoms with Crippen molar-refractivity contribution in [3.05, 3.63) is 34.2 Å². The number of aromatic nitrogens is 1. The molecule has 1 aromatic carbocycles. The van der Waals surface area contributed by atoms with E-state index in [1.165, 1.54) is 44.1 Å². The predicted octanol–water partition coefficient (Wildman–Crippen LogP) is 5.83. The van der Waals surface area contributed by atoms with Crippen LogP contribution < -0.4 is 10.1 Å². The van der Waals surface area contributed by atoms with Crippen molar-refractivity contribution in [3.63, 3.8) is 0 Å². The van der Waals surface area contributed by atoms with Gasteiger partial charge in [-0.25, -0.2) is 4.98 Å². The van der Waals surface area contributed by atoms with Crippen LogP contribution in [0.2, 0.25) is 0 Å². The van der Waals surface area contributed by atoms with Crippen molar-refractivity contribution >= 4 is 11.3 Å². The molecule has 0 saturated heterocycles. The predicted molar refractivity (Wildman–Crippen MR) is 109 cm³/mol. The molecule has 3 nitrogen and oxygen atoms in total. The fourth-order valence-corrected chi connectivity index (χ4v) is 3.80. The van der Waals surface area contributed by atoms with E-state index in [0.717, 1.165) is 35.0 Å². The van der Waals surface area contributed by atoms with Crippen molar-refractivity contribution in [2.24, 2.45) is 0 Å². The smallest absolute Gasteiger partial charge is 0.128 e. The third-order valence-electron chi connectivity index (χ3n) is 4.32. The molecule has 0 amide bonds. The van der Waals surface area contributed by atoms with Gasteiger partial charge in [0, 0.05) is 17.5 Å². The van der Waals surface area contributed by atoms with Crippen LogP contribution >= 0.6 is 11.3 Å². The first-order chi connectivity index (χ1) is 12.3. The highest BCUT2D eigenvalue weighted by Gasteiger charge is 2.11. The minimum atomic E-state index is 0.678. The average Bonchev–Trinajstić information content (AvgIpc) is 3.08. The summed E-state index contributed by atoms with van der Waals surface area (Å²) < 4.78 is 5.83. The molecule has 25 heavy (non-hydrogen) atoms. The molecule has 2 rings (SSSR count). The maximum Gasteiger partial charge on any atom is 0.128 e. The first-order valence-electron chi connectivity index (χ1n) is 9.63. The zero-order chi connectivity index (χ0) is 17.9. The Bertz CT molecular complexity index is 624. The molecule has 0 saturated carbocycles. The quantitative estimate of drug-likeness (QED) is 0.483. The average molecular weight is 361 g/mol. The Morgan fingerprint density at radius 2 is 1.88 bits per heavy atom. The van der Waals surface area contributed by atoms with Crippen LogP contribution in [0.5, 0.6) is 5.75 Å². The lowest BCUT2D eigenvalue weighted by atomic mass is 10.0. The fourth-order valence-electron chi connectivity index (χ4n) is 2.99. The van der Waals surface area contributed by atoms with Gasteiger partial charge in [0.15, 0.2) is 0 Å². The minimum Gasteiger partial charge on any atom is -0.493 e. The number of nitrogens with zero attached hydrogens (tertiary/aromatic N) is 1. The van der Waals surface area contributed by atoms with E-state index >= 15 is 0 Å². The number of unbranched alkanes of at least 4 members (excludes halogenated alkanes) is 5. The molecule has 1 N–H and O–H groups in total. The number of nitrogens with one attached hydrogen (secondary N) is 1. The van der Waals surface area contributed by atoms with E-state index in [2.05, 4.69) is 35.8 Å². The molecule has 2 aromatic rings. The highest BCUT2D eigenvalue weighted by atomic mass is 32.1. The molecule has 0 spiro atoms. The highest BCUT2D eigenvalue weighted by Crippen LogP contribution is 2.32. The second kappa shape index (κ2) is 11.3. The summed E-state index contributed by atoms with van der Waals surface area (Å²) in [6.07, 6.45) is 9.14. The molecule has 0 fully saturated rings. The maximum atomic E-state index is 5.83. The van der Waals surface area contributed by atoms with Crippen molar-refractivity contribution in [2.45, 2.75) is 65.3 Å². The number of ether oxygens (including phenoxy) is 1. The van der Waals surface area contributed by atoms with Crippen LogP contribution in [0, 0.1) is 0 Å². The van der Waals surface area contributed by atoms with E-state index in [0.29, 0.717) is 6.61 Å². The summed E-state index contributed by atoms with van der Waals surface area (Å²) in [4.78, 5) is 4.76. The molecular weight excluding hydrogens is 328 g/mol. The summed E-state index contributed by atoms with van der Waals surface area (Å²) in [7, 11) is 1.95. The molecule has 0 aliphatic heterocycles. The number of hydrogen-bond donors (Lipinski definition) is 1. The van der Waals surface area contributed by atoms with E-state index in [4.69, 9.17) is 9.72 Å². The van der Waals surface area contributed by atoms with Gasteiger partial charge in [0.05, 0.1) is 12.3 Å².